The van der Waals surface area contributed by atoms with Crippen LogP contribution in [0.3, 0.4) is 0 Å². The average Bonchev–Trinajstić information content (AvgIpc) is 2.68. The Morgan fingerprint density at radius 2 is 1.73 bits per heavy atom. The number of halogens is 1. The highest BCUT2D eigenvalue weighted by molar-refractivity contribution is 9.10. The van der Waals surface area contributed by atoms with Crippen LogP contribution in [0.15, 0.2) is 71.5 Å². The number of aromatic nitrogens is 1. The molecule has 0 unspecified atom stereocenters. The van der Waals surface area contributed by atoms with Crippen LogP contribution in [-0.4, -0.2) is 12.1 Å². The van der Waals surface area contributed by atoms with Gasteiger partial charge < -0.3 is 14.8 Å². The second-order valence-corrected chi connectivity index (χ2v) is 6.70. The monoisotopic (exact) mass is 412 g/mol. The molecule has 1 aromatic heterocycles. The second-order valence-electron chi connectivity index (χ2n) is 5.85. The van der Waals surface area contributed by atoms with Crippen LogP contribution >= 0.6 is 15.9 Å². The third-order valence-corrected chi connectivity index (χ3v) is 4.49. The highest BCUT2D eigenvalue weighted by Crippen LogP contribution is 2.37. The van der Waals surface area contributed by atoms with Crippen LogP contribution in [0.4, 0.5) is 0 Å². The summed E-state index contributed by atoms with van der Waals surface area (Å²) in [7, 11) is 1.66. The molecular formula is C21H21BrN2O2. The smallest absolute Gasteiger partial charge is 0.175 e. The van der Waals surface area contributed by atoms with E-state index in [4.69, 9.17) is 9.47 Å². The number of nitrogens with one attached hydrogen (secondary N) is 1. The first-order chi connectivity index (χ1) is 12.8. The molecule has 3 aromatic rings. The van der Waals surface area contributed by atoms with Gasteiger partial charge >= 0.3 is 0 Å². The summed E-state index contributed by atoms with van der Waals surface area (Å²) >= 11 is 3.61. The minimum atomic E-state index is 0.494. The fourth-order valence-corrected chi connectivity index (χ4v) is 3.20. The van der Waals surface area contributed by atoms with E-state index < -0.39 is 0 Å². The van der Waals surface area contributed by atoms with Crippen LogP contribution in [0.2, 0.25) is 0 Å². The van der Waals surface area contributed by atoms with Gasteiger partial charge in [0.2, 0.25) is 0 Å². The summed E-state index contributed by atoms with van der Waals surface area (Å²) in [6, 6.07) is 18.1. The molecule has 0 aliphatic heterocycles. The van der Waals surface area contributed by atoms with Crippen molar-refractivity contribution in [1.29, 1.82) is 0 Å². The SMILES string of the molecule is COc1cc(CNCc2cccnc2)cc(Br)c1OCc1ccccc1. The Labute approximate surface area is 162 Å². The second kappa shape index (κ2) is 9.36. The van der Waals surface area contributed by atoms with Crippen LogP contribution < -0.4 is 14.8 Å². The van der Waals surface area contributed by atoms with Crippen molar-refractivity contribution in [3.8, 4) is 11.5 Å². The van der Waals surface area contributed by atoms with Gasteiger partial charge in [-0.2, -0.15) is 0 Å². The van der Waals surface area contributed by atoms with Crippen LogP contribution in [0.25, 0.3) is 0 Å². The molecule has 2 aromatic carbocycles. The fraction of sp³-hybridized carbons (Fsp3) is 0.190. The zero-order valence-electron chi connectivity index (χ0n) is 14.6. The Morgan fingerprint density at radius 3 is 2.46 bits per heavy atom. The molecule has 0 aliphatic rings. The summed E-state index contributed by atoms with van der Waals surface area (Å²) < 4.78 is 12.4. The minimum absolute atomic E-state index is 0.494. The molecule has 0 bridgehead atoms. The first kappa shape index (κ1) is 18.4. The Kier molecular flexibility index (Phi) is 6.63. The topological polar surface area (TPSA) is 43.4 Å². The summed E-state index contributed by atoms with van der Waals surface area (Å²) in [4.78, 5) is 4.12. The van der Waals surface area contributed by atoms with E-state index in [1.807, 2.05) is 48.7 Å². The van der Waals surface area contributed by atoms with Crippen molar-refractivity contribution in [2.75, 3.05) is 7.11 Å². The van der Waals surface area contributed by atoms with Gasteiger partial charge in [0.1, 0.15) is 6.61 Å². The van der Waals surface area contributed by atoms with Crippen molar-refractivity contribution >= 4 is 15.9 Å². The molecule has 1 heterocycles. The zero-order valence-corrected chi connectivity index (χ0v) is 16.2. The van der Waals surface area contributed by atoms with Crippen LogP contribution in [0.1, 0.15) is 16.7 Å². The van der Waals surface area contributed by atoms with E-state index in [1.165, 1.54) is 0 Å². The Morgan fingerprint density at radius 1 is 0.962 bits per heavy atom. The molecule has 0 saturated carbocycles. The predicted octanol–water partition coefficient (Wildman–Crippen LogP) is 4.72. The average molecular weight is 413 g/mol. The Bertz CT molecular complexity index is 826. The van der Waals surface area contributed by atoms with Crippen LogP contribution in [0, 0.1) is 0 Å². The predicted molar refractivity (Wildman–Crippen MR) is 106 cm³/mol. The zero-order chi connectivity index (χ0) is 18.2. The van der Waals surface area contributed by atoms with Gasteiger partial charge in [-0.3, -0.25) is 4.98 Å². The van der Waals surface area contributed by atoms with E-state index in [0.717, 1.165) is 34.3 Å². The molecule has 0 spiro atoms. The van der Waals surface area contributed by atoms with E-state index in [9.17, 15) is 0 Å². The number of methoxy groups -OCH3 is 1. The lowest BCUT2D eigenvalue weighted by atomic mass is 10.2. The Balaban J connectivity index is 1.64. The number of benzene rings is 2. The summed E-state index contributed by atoms with van der Waals surface area (Å²) in [5.41, 5.74) is 3.38. The number of hydrogen-bond donors (Lipinski definition) is 1. The number of ether oxygens (including phenoxy) is 2. The number of pyridine rings is 1. The minimum Gasteiger partial charge on any atom is -0.493 e. The molecule has 5 heteroatoms. The van der Waals surface area contributed by atoms with E-state index in [-0.39, 0.29) is 0 Å². The molecule has 26 heavy (non-hydrogen) atoms. The molecule has 134 valence electrons. The molecule has 0 saturated heterocycles. The summed E-state index contributed by atoms with van der Waals surface area (Å²) in [6.07, 6.45) is 3.64. The number of hydrogen-bond acceptors (Lipinski definition) is 4. The molecule has 0 fully saturated rings. The maximum Gasteiger partial charge on any atom is 0.175 e. The molecule has 0 atom stereocenters. The lowest BCUT2D eigenvalue weighted by Gasteiger charge is -2.15. The molecule has 0 radical (unpaired) electrons. The van der Waals surface area contributed by atoms with E-state index in [2.05, 4.69) is 38.4 Å². The molecule has 1 N–H and O–H groups in total. The van der Waals surface area contributed by atoms with Gasteiger partial charge in [-0.15, -0.1) is 0 Å². The van der Waals surface area contributed by atoms with Crippen molar-refractivity contribution in [1.82, 2.24) is 10.3 Å². The lowest BCUT2D eigenvalue weighted by molar-refractivity contribution is 0.282. The first-order valence-electron chi connectivity index (χ1n) is 8.39. The standard InChI is InChI=1S/C21H21BrN2O2/c1-25-20-11-18(14-24-13-17-8-5-9-23-12-17)10-19(22)21(20)26-15-16-6-3-2-4-7-16/h2-12,24H,13-15H2,1H3. The van der Waals surface area contributed by atoms with Crippen molar-refractivity contribution in [2.45, 2.75) is 19.7 Å². The summed E-state index contributed by atoms with van der Waals surface area (Å²) in [6.45, 7) is 1.98. The van der Waals surface area contributed by atoms with Crippen molar-refractivity contribution < 1.29 is 9.47 Å². The maximum atomic E-state index is 5.97. The molecule has 0 amide bonds. The van der Waals surface area contributed by atoms with Gasteiger partial charge in [0.15, 0.2) is 11.5 Å². The van der Waals surface area contributed by atoms with Gasteiger partial charge in [0, 0.05) is 25.5 Å². The largest absolute Gasteiger partial charge is 0.493 e. The number of nitrogens with zero attached hydrogens (tertiary/aromatic N) is 1. The first-order valence-corrected chi connectivity index (χ1v) is 9.18. The van der Waals surface area contributed by atoms with Gasteiger partial charge in [-0.1, -0.05) is 36.4 Å². The third kappa shape index (κ3) is 5.07. The highest BCUT2D eigenvalue weighted by atomic mass is 79.9. The van der Waals surface area contributed by atoms with E-state index >= 15 is 0 Å². The molecule has 0 aliphatic carbocycles. The van der Waals surface area contributed by atoms with Crippen molar-refractivity contribution in [3.05, 3.63) is 88.2 Å². The normalized spacial score (nSPS) is 10.5. The van der Waals surface area contributed by atoms with Crippen molar-refractivity contribution in [3.63, 3.8) is 0 Å². The highest BCUT2D eigenvalue weighted by Gasteiger charge is 2.12. The fourth-order valence-electron chi connectivity index (χ4n) is 2.60. The summed E-state index contributed by atoms with van der Waals surface area (Å²) in [5, 5.41) is 3.42. The lowest BCUT2D eigenvalue weighted by Crippen LogP contribution is -2.13. The molecular weight excluding hydrogens is 392 g/mol. The van der Waals surface area contributed by atoms with Gasteiger partial charge in [0.25, 0.3) is 0 Å². The van der Waals surface area contributed by atoms with Gasteiger partial charge in [0.05, 0.1) is 11.6 Å². The summed E-state index contributed by atoms with van der Waals surface area (Å²) in [5.74, 6) is 1.43. The van der Waals surface area contributed by atoms with E-state index in [0.29, 0.717) is 18.1 Å². The van der Waals surface area contributed by atoms with Gasteiger partial charge in [-0.05, 0) is 50.8 Å². The molecule has 4 nitrogen and oxygen atoms in total. The quantitative estimate of drug-likeness (QED) is 0.580. The van der Waals surface area contributed by atoms with E-state index in [1.54, 1.807) is 13.3 Å². The molecule has 3 rings (SSSR count). The van der Waals surface area contributed by atoms with Crippen LogP contribution in [0.5, 0.6) is 11.5 Å². The maximum absolute atomic E-state index is 5.97. The van der Waals surface area contributed by atoms with Crippen LogP contribution in [-0.2, 0) is 19.7 Å². The van der Waals surface area contributed by atoms with Crippen molar-refractivity contribution in [2.24, 2.45) is 0 Å². The Hall–Kier alpha value is -2.37. The van der Waals surface area contributed by atoms with Gasteiger partial charge in [-0.25, -0.2) is 0 Å². The third-order valence-electron chi connectivity index (χ3n) is 3.90. The number of rotatable bonds is 8.